The summed E-state index contributed by atoms with van der Waals surface area (Å²) < 4.78 is 5.04. The fourth-order valence-corrected chi connectivity index (χ4v) is 4.68. The zero-order chi connectivity index (χ0) is 18.4. The summed E-state index contributed by atoms with van der Waals surface area (Å²) in [6, 6.07) is 3.87. The van der Waals surface area contributed by atoms with Crippen LogP contribution in [0.15, 0.2) is 24.5 Å². The first-order valence-electron chi connectivity index (χ1n) is 8.85. The molecule has 0 saturated carbocycles. The van der Waals surface area contributed by atoms with Crippen LogP contribution >= 0.6 is 23.6 Å². The number of hydrogen-bond donors (Lipinski definition) is 2. The summed E-state index contributed by atoms with van der Waals surface area (Å²) in [7, 11) is 1.43. The number of carbonyl (C=O) groups excluding carboxylic acids is 1. The van der Waals surface area contributed by atoms with Gasteiger partial charge in [-0.2, -0.15) is 0 Å². The third kappa shape index (κ3) is 4.59. The number of hydrogen-bond acceptors (Lipinski definition) is 5. The second-order valence-electron chi connectivity index (χ2n) is 6.28. The van der Waals surface area contributed by atoms with Gasteiger partial charge in [-0.25, -0.2) is 4.79 Å². The standard InChI is InChI=1S/C19H23N3O2S2/c1-24-18(23)16-14-6-4-2-3-5-7-15(14)26-17(16)22-19(25)21-12-13-8-10-20-11-9-13/h8-11H,2-7,12H2,1H3,(H2,21,22,25). The van der Waals surface area contributed by atoms with Crippen molar-refractivity contribution in [3.8, 4) is 0 Å². The van der Waals surface area contributed by atoms with Gasteiger partial charge >= 0.3 is 5.97 Å². The first kappa shape index (κ1) is 18.8. The molecule has 1 aliphatic rings. The number of carbonyl (C=O) groups is 1. The highest BCUT2D eigenvalue weighted by Crippen LogP contribution is 2.37. The summed E-state index contributed by atoms with van der Waals surface area (Å²) in [4.78, 5) is 17.7. The van der Waals surface area contributed by atoms with E-state index in [1.54, 1.807) is 23.7 Å². The van der Waals surface area contributed by atoms with E-state index in [9.17, 15) is 4.79 Å². The predicted molar refractivity (Wildman–Crippen MR) is 109 cm³/mol. The van der Waals surface area contributed by atoms with Gasteiger partial charge in [0.1, 0.15) is 5.00 Å². The molecule has 5 nitrogen and oxygen atoms in total. The van der Waals surface area contributed by atoms with Gasteiger partial charge in [0.15, 0.2) is 5.11 Å². The van der Waals surface area contributed by atoms with Gasteiger partial charge in [0.2, 0.25) is 0 Å². The average Bonchev–Trinajstić information content (AvgIpc) is 2.96. The lowest BCUT2D eigenvalue weighted by Gasteiger charge is -2.12. The SMILES string of the molecule is COC(=O)c1c(NC(=S)NCc2ccncc2)sc2c1CCCCCC2. The Morgan fingerprint density at radius 2 is 1.96 bits per heavy atom. The molecule has 1 aliphatic carbocycles. The minimum Gasteiger partial charge on any atom is -0.465 e. The molecule has 0 aromatic carbocycles. The lowest BCUT2D eigenvalue weighted by atomic mass is 9.96. The number of pyridine rings is 1. The van der Waals surface area contributed by atoms with E-state index in [4.69, 9.17) is 17.0 Å². The fourth-order valence-electron chi connectivity index (χ4n) is 3.16. The zero-order valence-electron chi connectivity index (χ0n) is 14.8. The maximum absolute atomic E-state index is 12.4. The third-order valence-electron chi connectivity index (χ3n) is 4.49. The van der Waals surface area contributed by atoms with Crippen LogP contribution in [0.3, 0.4) is 0 Å². The van der Waals surface area contributed by atoms with Crippen LogP contribution in [0.4, 0.5) is 5.00 Å². The number of aromatic nitrogens is 1. The minimum absolute atomic E-state index is 0.289. The molecular weight excluding hydrogens is 366 g/mol. The second kappa shape index (κ2) is 9.09. The number of thiocarbonyl (C=S) groups is 1. The van der Waals surface area contributed by atoms with Gasteiger partial charge in [0.05, 0.1) is 12.7 Å². The highest BCUT2D eigenvalue weighted by atomic mass is 32.1. The first-order chi connectivity index (χ1) is 12.7. The number of esters is 1. The van der Waals surface area contributed by atoms with Crippen molar-refractivity contribution in [2.24, 2.45) is 0 Å². The van der Waals surface area contributed by atoms with Crippen LogP contribution < -0.4 is 10.6 Å². The molecule has 2 N–H and O–H groups in total. The number of methoxy groups -OCH3 is 1. The molecule has 2 heterocycles. The van der Waals surface area contributed by atoms with Gasteiger partial charge in [0.25, 0.3) is 0 Å². The molecule has 7 heteroatoms. The minimum atomic E-state index is -0.289. The lowest BCUT2D eigenvalue weighted by Crippen LogP contribution is -2.28. The maximum Gasteiger partial charge on any atom is 0.341 e. The summed E-state index contributed by atoms with van der Waals surface area (Å²) in [5.41, 5.74) is 2.89. The van der Waals surface area contributed by atoms with Gasteiger partial charge in [0, 0.05) is 23.8 Å². The van der Waals surface area contributed by atoms with E-state index < -0.39 is 0 Å². The molecule has 0 fully saturated rings. The van der Waals surface area contributed by atoms with Crippen molar-refractivity contribution in [2.75, 3.05) is 12.4 Å². The molecule has 0 bridgehead atoms. The molecule has 138 valence electrons. The summed E-state index contributed by atoms with van der Waals surface area (Å²) >= 11 is 7.06. The summed E-state index contributed by atoms with van der Waals surface area (Å²) in [5.74, 6) is -0.289. The maximum atomic E-state index is 12.4. The number of fused-ring (bicyclic) bond motifs is 1. The highest BCUT2D eigenvalue weighted by Gasteiger charge is 2.25. The number of anilines is 1. The van der Waals surface area contributed by atoms with Gasteiger partial charge < -0.3 is 15.4 Å². The lowest BCUT2D eigenvalue weighted by molar-refractivity contribution is 0.0601. The van der Waals surface area contributed by atoms with E-state index >= 15 is 0 Å². The second-order valence-corrected chi connectivity index (χ2v) is 7.79. The molecule has 0 radical (unpaired) electrons. The molecule has 2 aromatic heterocycles. The Kier molecular flexibility index (Phi) is 6.57. The van der Waals surface area contributed by atoms with Crippen molar-refractivity contribution in [1.29, 1.82) is 0 Å². The molecule has 0 amide bonds. The Labute approximate surface area is 163 Å². The van der Waals surface area contributed by atoms with Gasteiger partial charge in [-0.3, -0.25) is 4.98 Å². The molecule has 2 aromatic rings. The zero-order valence-corrected chi connectivity index (χ0v) is 16.5. The fraction of sp³-hybridized carbons (Fsp3) is 0.421. The molecular formula is C19H23N3O2S2. The normalized spacial score (nSPS) is 13.9. The average molecular weight is 390 g/mol. The van der Waals surface area contributed by atoms with Crippen molar-refractivity contribution in [2.45, 2.75) is 45.1 Å². The summed E-state index contributed by atoms with van der Waals surface area (Å²) in [6.07, 6.45) is 10.2. The summed E-state index contributed by atoms with van der Waals surface area (Å²) in [5, 5.41) is 7.69. The van der Waals surface area contributed by atoms with E-state index in [-0.39, 0.29) is 5.97 Å². The Balaban J connectivity index is 1.76. The van der Waals surface area contributed by atoms with Crippen LogP contribution in [0.5, 0.6) is 0 Å². The quantitative estimate of drug-likeness (QED) is 0.607. The van der Waals surface area contributed by atoms with Crippen LogP contribution in [0, 0.1) is 0 Å². The molecule has 0 aliphatic heterocycles. The Bertz CT molecular complexity index is 775. The monoisotopic (exact) mass is 389 g/mol. The van der Waals surface area contributed by atoms with Crippen LogP contribution in [0.25, 0.3) is 0 Å². The van der Waals surface area contributed by atoms with Crippen molar-refractivity contribution >= 4 is 39.6 Å². The predicted octanol–water partition coefficient (Wildman–Crippen LogP) is 4.08. The Morgan fingerprint density at radius 3 is 2.69 bits per heavy atom. The van der Waals surface area contributed by atoms with Crippen LogP contribution in [0.1, 0.15) is 52.0 Å². The molecule has 26 heavy (non-hydrogen) atoms. The van der Waals surface area contributed by atoms with Crippen molar-refractivity contribution < 1.29 is 9.53 Å². The molecule has 0 atom stereocenters. The van der Waals surface area contributed by atoms with Gasteiger partial charge in [-0.05, 0) is 61.2 Å². The van der Waals surface area contributed by atoms with Crippen molar-refractivity contribution in [1.82, 2.24) is 10.3 Å². The van der Waals surface area contributed by atoms with E-state index in [0.29, 0.717) is 17.2 Å². The van der Waals surface area contributed by atoms with Gasteiger partial charge in [-0.1, -0.05) is 12.8 Å². The number of thiophene rings is 1. The van der Waals surface area contributed by atoms with Crippen molar-refractivity contribution in [3.63, 3.8) is 0 Å². The summed E-state index contributed by atoms with van der Waals surface area (Å²) in [6.45, 7) is 0.604. The van der Waals surface area contributed by atoms with E-state index in [1.807, 2.05) is 12.1 Å². The number of rotatable bonds is 4. The molecule has 0 spiro atoms. The highest BCUT2D eigenvalue weighted by molar-refractivity contribution is 7.80. The number of nitrogens with zero attached hydrogens (tertiary/aromatic N) is 1. The Morgan fingerprint density at radius 1 is 1.23 bits per heavy atom. The van der Waals surface area contributed by atoms with E-state index in [2.05, 4.69) is 15.6 Å². The van der Waals surface area contributed by atoms with Gasteiger partial charge in [-0.15, -0.1) is 11.3 Å². The molecule has 3 rings (SSSR count). The smallest absolute Gasteiger partial charge is 0.341 e. The topological polar surface area (TPSA) is 63.2 Å². The first-order valence-corrected chi connectivity index (χ1v) is 10.1. The molecule has 0 unspecified atom stereocenters. The van der Waals surface area contributed by atoms with E-state index in [1.165, 1.54) is 24.8 Å². The number of aryl methyl sites for hydroxylation is 1. The Hall–Kier alpha value is -1.99. The third-order valence-corrected chi connectivity index (χ3v) is 5.94. The van der Waals surface area contributed by atoms with Crippen molar-refractivity contribution in [3.05, 3.63) is 46.1 Å². The van der Waals surface area contributed by atoms with E-state index in [0.717, 1.165) is 41.8 Å². The van der Waals surface area contributed by atoms with Crippen LogP contribution in [-0.2, 0) is 24.1 Å². The number of ether oxygens (including phenoxy) is 1. The molecule has 0 saturated heterocycles. The van der Waals surface area contributed by atoms with Crippen LogP contribution in [-0.4, -0.2) is 23.2 Å². The largest absolute Gasteiger partial charge is 0.465 e. The van der Waals surface area contributed by atoms with Crippen LogP contribution in [0.2, 0.25) is 0 Å². The number of nitrogens with one attached hydrogen (secondary N) is 2.